The molecule has 3 rings (SSSR count). The van der Waals surface area contributed by atoms with Gasteiger partial charge in [0, 0.05) is 44.9 Å². The number of aromatic nitrogens is 2. The van der Waals surface area contributed by atoms with E-state index in [1.807, 2.05) is 0 Å². The summed E-state index contributed by atoms with van der Waals surface area (Å²) in [5, 5.41) is 2.95. The number of rotatable bonds is 3. The van der Waals surface area contributed by atoms with Gasteiger partial charge in [0.15, 0.2) is 0 Å². The van der Waals surface area contributed by atoms with E-state index in [1.54, 1.807) is 21.9 Å². The Balaban J connectivity index is 1.69. The molecular weight excluding hydrogens is 325 g/mol. The highest BCUT2D eigenvalue weighted by Gasteiger charge is 2.24. The van der Waals surface area contributed by atoms with Crippen LogP contribution < -0.4 is 5.32 Å². The zero-order valence-corrected chi connectivity index (χ0v) is 13.8. The van der Waals surface area contributed by atoms with Gasteiger partial charge in [-0.25, -0.2) is 14.4 Å². The summed E-state index contributed by atoms with van der Waals surface area (Å²) >= 11 is 0. The van der Waals surface area contributed by atoms with Gasteiger partial charge >= 0.3 is 0 Å². The van der Waals surface area contributed by atoms with Crippen molar-refractivity contribution in [1.29, 1.82) is 0 Å². The van der Waals surface area contributed by atoms with Gasteiger partial charge < -0.3 is 15.1 Å². The van der Waals surface area contributed by atoms with Crippen molar-refractivity contribution in [3.05, 3.63) is 48.2 Å². The highest BCUT2D eigenvalue weighted by molar-refractivity contribution is 5.93. The average molecular weight is 343 g/mol. The molecule has 0 bridgehead atoms. The summed E-state index contributed by atoms with van der Waals surface area (Å²) in [5.41, 5.74) is 0.789. The Morgan fingerprint density at radius 1 is 1.08 bits per heavy atom. The summed E-state index contributed by atoms with van der Waals surface area (Å²) in [4.78, 5) is 35.4. The first-order chi connectivity index (χ1) is 12.0. The van der Waals surface area contributed by atoms with Crippen LogP contribution in [0.2, 0.25) is 0 Å². The number of anilines is 2. The minimum absolute atomic E-state index is 0.00992. The van der Waals surface area contributed by atoms with Crippen molar-refractivity contribution in [2.24, 2.45) is 0 Å². The SMILES string of the molecule is CC(=O)N1CCN(C(=O)c2cc(Nc3cccc(F)c3)ncn2)CC1. The van der Waals surface area contributed by atoms with Gasteiger partial charge in [-0.05, 0) is 18.2 Å². The van der Waals surface area contributed by atoms with E-state index in [9.17, 15) is 14.0 Å². The lowest BCUT2D eigenvalue weighted by molar-refractivity contribution is -0.130. The summed E-state index contributed by atoms with van der Waals surface area (Å²) < 4.78 is 13.2. The largest absolute Gasteiger partial charge is 0.340 e. The molecule has 0 saturated carbocycles. The molecule has 1 aliphatic heterocycles. The standard InChI is InChI=1S/C17H18FN5O2/c1-12(24)22-5-7-23(8-6-22)17(25)15-10-16(20-11-19-15)21-14-4-2-3-13(18)9-14/h2-4,9-11H,5-8H2,1H3,(H,19,20,21). The monoisotopic (exact) mass is 343 g/mol. The number of nitrogens with zero attached hydrogens (tertiary/aromatic N) is 4. The van der Waals surface area contributed by atoms with Gasteiger partial charge in [-0.2, -0.15) is 0 Å². The molecule has 1 N–H and O–H groups in total. The molecule has 0 atom stereocenters. The van der Waals surface area contributed by atoms with Gasteiger partial charge in [0.25, 0.3) is 5.91 Å². The van der Waals surface area contributed by atoms with Crippen LogP contribution in [-0.2, 0) is 4.79 Å². The summed E-state index contributed by atoms with van der Waals surface area (Å²) in [6, 6.07) is 7.50. The second kappa shape index (κ2) is 7.25. The minimum Gasteiger partial charge on any atom is -0.340 e. The number of nitrogens with one attached hydrogen (secondary N) is 1. The molecule has 130 valence electrons. The van der Waals surface area contributed by atoms with Crippen molar-refractivity contribution in [3.63, 3.8) is 0 Å². The van der Waals surface area contributed by atoms with Crippen LogP contribution in [0, 0.1) is 5.82 Å². The van der Waals surface area contributed by atoms with Crippen LogP contribution in [0.25, 0.3) is 0 Å². The second-order valence-corrected chi connectivity index (χ2v) is 5.72. The maximum Gasteiger partial charge on any atom is 0.272 e. The molecule has 0 radical (unpaired) electrons. The van der Waals surface area contributed by atoms with Crippen molar-refractivity contribution in [2.75, 3.05) is 31.5 Å². The number of piperazine rings is 1. The Morgan fingerprint density at radius 2 is 1.80 bits per heavy atom. The van der Waals surface area contributed by atoms with Gasteiger partial charge in [-0.3, -0.25) is 9.59 Å². The van der Waals surface area contributed by atoms with Crippen LogP contribution in [0.3, 0.4) is 0 Å². The number of hydrogen-bond donors (Lipinski definition) is 1. The molecule has 2 amide bonds. The molecule has 25 heavy (non-hydrogen) atoms. The number of hydrogen-bond acceptors (Lipinski definition) is 5. The molecule has 1 fully saturated rings. The number of benzene rings is 1. The maximum atomic E-state index is 13.2. The van der Waals surface area contributed by atoms with Crippen LogP contribution >= 0.6 is 0 Å². The van der Waals surface area contributed by atoms with Crippen LogP contribution in [0.1, 0.15) is 17.4 Å². The van der Waals surface area contributed by atoms with Crippen LogP contribution in [0.4, 0.5) is 15.9 Å². The van der Waals surface area contributed by atoms with E-state index >= 15 is 0 Å². The highest BCUT2D eigenvalue weighted by Crippen LogP contribution is 2.16. The molecule has 1 aliphatic rings. The third kappa shape index (κ3) is 4.09. The molecule has 0 unspecified atom stereocenters. The lowest BCUT2D eigenvalue weighted by atomic mass is 10.2. The molecule has 1 aromatic heterocycles. The molecule has 0 spiro atoms. The normalized spacial score (nSPS) is 14.3. The quantitative estimate of drug-likeness (QED) is 0.917. The first-order valence-electron chi connectivity index (χ1n) is 7.92. The summed E-state index contributed by atoms with van der Waals surface area (Å²) in [5.74, 6) is -0.159. The predicted octanol–water partition coefficient (Wildman–Crippen LogP) is 1.66. The smallest absolute Gasteiger partial charge is 0.272 e. The molecule has 2 heterocycles. The van der Waals surface area contributed by atoms with Crippen molar-refractivity contribution >= 4 is 23.3 Å². The van der Waals surface area contributed by atoms with Gasteiger partial charge in [0.2, 0.25) is 5.91 Å². The van der Waals surface area contributed by atoms with E-state index in [-0.39, 0.29) is 23.3 Å². The molecule has 7 nitrogen and oxygen atoms in total. The molecule has 2 aromatic rings. The van der Waals surface area contributed by atoms with Crippen molar-refractivity contribution < 1.29 is 14.0 Å². The molecule has 1 aromatic carbocycles. The van der Waals surface area contributed by atoms with Crippen molar-refractivity contribution in [3.8, 4) is 0 Å². The predicted molar refractivity (Wildman–Crippen MR) is 89.9 cm³/mol. The molecule has 8 heteroatoms. The number of carbonyl (C=O) groups excluding carboxylic acids is 2. The zero-order valence-electron chi connectivity index (χ0n) is 13.8. The average Bonchev–Trinajstić information content (AvgIpc) is 2.61. The van der Waals surface area contributed by atoms with Gasteiger partial charge in [0.1, 0.15) is 23.7 Å². The van der Waals surface area contributed by atoms with Crippen molar-refractivity contribution in [1.82, 2.24) is 19.8 Å². The number of carbonyl (C=O) groups is 2. The first-order valence-corrected chi connectivity index (χ1v) is 7.92. The van der Waals surface area contributed by atoms with E-state index in [0.717, 1.165) is 0 Å². The third-order valence-corrected chi connectivity index (χ3v) is 4.00. The molecule has 1 saturated heterocycles. The molecular formula is C17H18FN5O2. The van der Waals surface area contributed by atoms with E-state index in [2.05, 4.69) is 15.3 Å². The summed E-state index contributed by atoms with van der Waals surface area (Å²) in [6.07, 6.45) is 1.29. The zero-order chi connectivity index (χ0) is 17.8. The third-order valence-electron chi connectivity index (χ3n) is 4.00. The van der Waals surface area contributed by atoms with Gasteiger partial charge in [-0.1, -0.05) is 6.07 Å². The topological polar surface area (TPSA) is 78.4 Å². The second-order valence-electron chi connectivity index (χ2n) is 5.72. The summed E-state index contributed by atoms with van der Waals surface area (Å²) in [6.45, 7) is 3.48. The first kappa shape index (κ1) is 16.8. The van der Waals surface area contributed by atoms with Crippen molar-refractivity contribution in [2.45, 2.75) is 6.92 Å². The lowest BCUT2D eigenvalue weighted by Gasteiger charge is -2.34. The Bertz CT molecular complexity index is 790. The van der Waals surface area contributed by atoms with Gasteiger partial charge in [-0.15, -0.1) is 0 Å². The van der Waals surface area contributed by atoms with E-state index in [4.69, 9.17) is 0 Å². The van der Waals surface area contributed by atoms with E-state index < -0.39 is 0 Å². The Labute approximate surface area is 144 Å². The Kier molecular flexibility index (Phi) is 4.87. The highest BCUT2D eigenvalue weighted by atomic mass is 19.1. The Morgan fingerprint density at radius 3 is 2.48 bits per heavy atom. The molecule has 0 aliphatic carbocycles. The minimum atomic E-state index is -0.362. The van der Waals surface area contributed by atoms with E-state index in [1.165, 1.54) is 31.5 Å². The maximum absolute atomic E-state index is 13.2. The van der Waals surface area contributed by atoms with Crippen LogP contribution in [0.5, 0.6) is 0 Å². The van der Waals surface area contributed by atoms with E-state index in [0.29, 0.717) is 37.7 Å². The fourth-order valence-electron chi connectivity index (χ4n) is 2.64. The summed E-state index contributed by atoms with van der Waals surface area (Å²) in [7, 11) is 0. The number of amides is 2. The fraction of sp³-hybridized carbons (Fsp3) is 0.294. The van der Waals surface area contributed by atoms with Crippen LogP contribution in [-0.4, -0.2) is 57.8 Å². The lowest BCUT2D eigenvalue weighted by Crippen LogP contribution is -2.50. The van der Waals surface area contributed by atoms with Crippen LogP contribution in [0.15, 0.2) is 36.7 Å². The number of halogens is 1. The Hall–Kier alpha value is -3.03. The van der Waals surface area contributed by atoms with Gasteiger partial charge in [0.05, 0.1) is 0 Å². The fourth-order valence-corrected chi connectivity index (χ4v) is 2.64.